The molecular formula is C22H23F2N5O2S. The third kappa shape index (κ3) is 4.85. The van der Waals surface area contributed by atoms with E-state index in [-0.39, 0.29) is 24.9 Å². The van der Waals surface area contributed by atoms with E-state index < -0.39 is 21.6 Å². The monoisotopic (exact) mass is 459 g/mol. The van der Waals surface area contributed by atoms with Gasteiger partial charge in [0.25, 0.3) is 5.91 Å². The van der Waals surface area contributed by atoms with Crippen molar-refractivity contribution in [1.29, 1.82) is 4.78 Å². The summed E-state index contributed by atoms with van der Waals surface area (Å²) in [6.07, 6.45) is 4.28. The number of nitrogens with one attached hydrogen (secondary N) is 2. The van der Waals surface area contributed by atoms with Gasteiger partial charge in [0.1, 0.15) is 5.82 Å². The first kappa shape index (κ1) is 22.1. The number of nitrogens with zero attached hydrogens (tertiary/aromatic N) is 3. The maximum absolute atomic E-state index is 13.9. The fraction of sp³-hybridized carbons (Fsp3) is 0.318. The van der Waals surface area contributed by atoms with Crippen molar-refractivity contribution in [3.8, 4) is 0 Å². The van der Waals surface area contributed by atoms with Crippen LogP contribution in [0, 0.1) is 4.78 Å². The van der Waals surface area contributed by atoms with Crippen LogP contribution in [0.1, 0.15) is 29.6 Å². The lowest BCUT2D eigenvalue weighted by Crippen LogP contribution is -2.29. The second-order valence-corrected chi connectivity index (χ2v) is 10.1. The van der Waals surface area contributed by atoms with Crippen molar-refractivity contribution in [2.75, 3.05) is 29.6 Å². The normalized spacial score (nSPS) is 18.0. The Hall–Kier alpha value is -3.14. The number of benzene rings is 1. The van der Waals surface area contributed by atoms with Crippen LogP contribution >= 0.6 is 0 Å². The molecule has 0 aliphatic carbocycles. The molecule has 1 atom stereocenters. The fourth-order valence-electron chi connectivity index (χ4n) is 3.71. The van der Waals surface area contributed by atoms with Crippen molar-refractivity contribution in [1.82, 2.24) is 9.97 Å². The minimum Gasteiger partial charge on any atom is -0.356 e. The lowest BCUT2D eigenvalue weighted by molar-refractivity contribution is -0.0102. The molecule has 1 aromatic carbocycles. The number of hydrogen-bond donors (Lipinski definition) is 2. The molecule has 1 fully saturated rings. The predicted molar refractivity (Wildman–Crippen MR) is 120 cm³/mol. The van der Waals surface area contributed by atoms with Crippen molar-refractivity contribution < 1.29 is 17.8 Å². The van der Waals surface area contributed by atoms with Gasteiger partial charge in [-0.1, -0.05) is 6.07 Å². The van der Waals surface area contributed by atoms with E-state index in [1.807, 2.05) is 0 Å². The quantitative estimate of drug-likeness (QED) is 0.597. The zero-order chi connectivity index (χ0) is 22.9. The summed E-state index contributed by atoms with van der Waals surface area (Å²) in [5.74, 6) is -2.86. The lowest BCUT2D eigenvalue weighted by Gasteiger charge is -2.24. The molecule has 0 saturated carbocycles. The van der Waals surface area contributed by atoms with Crippen LogP contribution < -0.4 is 10.2 Å². The van der Waals surface area contributed by atoms with Crippen LogP contribution in [0.15, 0.2) is 53.7 Å². The molecular weight excluding hydrogens is 436 g/mol. The minimum absolute atomic E-state index is 0.0864. The topological polar surface area (TPSA) is 99.0 Å². The van der Waals surface area contributed by atoms with E-state index in [0.717, 1.165) is 0 Å². The summed E-state index contributed by atoms with van der Waals surface area (Å²) in [5.41, 5.74) is 1.24. The second-order valence-electron chi connectivity index (χ2n) is 7.95. The van der Waals surface area contributed by atoms with E-state index in [2.05, 4.69) is 15.3 Å². The number of alkyl halides is 2. The largest absolute Gasteiger partial charge is 0.356 e. The molecule has 0 radical (unpaired) electrons. The molecule has 1 aliphatic rings. The first-order valence-electron chi connectivity index (χ1n) is 10.2. The number of fused-ring (bicyclic) bond motifs is 1. The zero-order valence-electron chi connectivity index (χ0n) is 17.5. The van der Waals surface area contributed by atoms with Crippen LogP contribution in [0.4, 0.5) is 20.3 Å². The molecule has 32 heavy (non-hydrogen) atoms. The molecule has 10 heteroatoms. The zero-order valence-corrected chi connectivity index (χ0v) is 18.3. The number of pyridine rings is 2. The van der Waals surface area contributed by atoms with Crippen LogP contribution in [-0.2, 0) is 9.73 Å². The summed E-state index contributed by atoms with van der Waals surface area (Å²) in [7, 11) is -2.95. The molecule has 1 saturated heterocycles. The highest BCUT2D eigenvalue weighted by atomic mass is 32.2. The first-order valence-corrected chi connectivity index (χ1v) is 12.1. The molecule has 3 heterocycles. The summed E-state index contributed by atoms with van der Waals surface area (Å²) in [4.78, 5) is 23.9. The van der Waals surface area contributed by atoms with Crippen molar-refractivity contribution in [2.24, 2.45) is 0 Å². The van der Waals surface area contributed by atoms with Crippen molar-refractivity contribution in [3.63, 3.8) is 0 Å². The highest BCUT2D eigenvalue weighted by Crippen LogP contribution is 2.32. The van der Waals surface area contributed by atoms with Gasteiger partial charge in [0, 0.05) is 60.5 Å². The Balaban J connectivity index is 1.72. The average molecular weight is 460 g/mol. The summed E-state index contributed by atoms with van der Waals surface area (Å²) in [6.45, 7) is 0.453. The van der Waals surface area contributed by atoms with Crippen molar-refractivity contribution in [2.45, 2.75) is 30.1 Å². The number of aromatic nitrogens is 2. The highest BCUT2D eigenvalue weighted by molar-refractivity contribution is 7.91. The van der Waals surface area contributed by atoms with E-state index in [4.69, 9.17) is 4.78 Å². The van der Waals surface area contributed by atoms with Gasteiger partial charge in [-0.3, -0.25) is 9.78 Å². The average Bonchev–Trinajstić information content (AvgIpc) is 2.92. The van der Waals surface area contributed by atoms with Crippen LogP contribution in [0.5, 0.6) is 0 Å². The Morgan fingerprint density at radius 2 is 2.03 bits per heavy atom. The molecule has 1 aliphatic heterocycles. The number of rotatable bonds is 4. The molecule has 3 aromatic rings. The maximum Gasteiger partial charge on any atom is 0.259 e. The predicted octanol–water partition coefficient (Wildman–Crippen LogP) is 4.54. The Morgan fingerprint density at radius 3 is 2.81 bits per heavy atom. The van der Waals surface area contributed by atoms with Crippen molar-refractivity contribution >= 4 is 38.0 Å². The number of carbonyl (C=O) groups is 1. The van der Waals surface area contributed by atoms with Gasteiger partial charge in [0.05, 0.1) is 20.8 Å². The molecule has 1 unspecified atom stereocenters. The Labute approximate surface area is 184 Å². The van der Waals surface area contributed by atoms with E-state index in [9.17, 15) is 17.8 Å². The number of amides is 1. The van der Waals surface area contributed by atoms with Gasteiger partial charge in [-0.2, -0.15) is 0 Å². The molecule has 2 N–H and O–H groups in total. The van der Waals surface area contributed by atoms with Crippen LogP contribution in [0.3, 0.4) is 0 Å². The molecule has 1 amide bonds. The molecule has 0 bridgehead atoms. The van der Waals surface area contributed by atoms with E-state index in [1.165, 1.54) is 12.3 Å². The first-order chi connectivity index (χ1) is 15.1. The Kier molecular flexibility index (Phi) is 5.81. The van der Waals surface area contributed by atoms with Gasteiger partial charge in [-0.05, 0) is 36.8 Å². The summed E-state index contributed by atoms with van der Waals surface area (Å²) in [6, 6.07) is 9.67. The number of carbonyl (C=O) groups excluding carboxylic acids is 1. The third-order valence-electron chi connectivity index (χ3n) is 5.40. The molecule has 0 spiro atoms. The van der Waals surface area contributed by atoms with Gasteiger partial charge < -0.3 is 10.2 Å². The van der Waals surface area contributed by atoms with Crippen LogP contribution in [0.2, 0.25) is 0 Å². The maximum atomic E-state index is 13.9. The number of halogens is 2. The van der Waals surface area contributed by atoms with Crippen LogP contribution in [-0.4, -0.2) is 45.4 Å². The van der Waals surface area contributed by atoms with Gasteiger partial charge in [-0.15, -0.1) is 0 Å². The van der Waals surface area contributed by atoms with E-state index in [0.29, 0.717) is 40.3 Å². The summed E-state index contributed by atoms with van der Waals surface area (Å²) < 4.78 is 47.6. The van der Waals surface area contributed by atoms with E-state index in [1.54, 1.807) is 47.6 Å². The summed E-state index contributed by atoms with van der Waals surface area (Å²) >= 11 is 0. The van der Waals surface area contributed by atoms with Gasteiger partial charge in [0.15, 0.2) is 0 Å². The summed E-state index contributed by atoms with van der Waals surface area (Å²) in [5, 5.41) is 3.41. The van der Waals surface area contributed by atoms with E-state index >= 15 is 0 Å². The van der Waals surface area contributed by atoms with Gasteiger partial charge >= 0.3 is 0 Å². The molecule has 2 aromatic heterocycles. The number of hydrogen-bond acceptors (Lipinski definition) is 6. The SMILES string of the molecule is CS(=N)(=O)c1cccc(NC(=O)c2cc3cnccc3nc2N2CCCC(F)(F)CC2)c1. The number of anilines is 2. The Bertz CT molecular complexity index is 1280. The second kappa shape index (κ2) is 8.42. The van der Waals surface area contributed by atoms with Crippen molar-refractivity contribution in [3.05, 3.63) is 54.4 Å². The fourth-order valence-corrected chi connectivity index (χ4v) is 4.40. The van der Waals surface area contributed by atoms with Gasteiger partial charge in [0.2, 0.25) is 5.92 Å². The molecule has 4 rings (SSSR count). The minimum atomic E-state index is -2.95. The third-order valence-corrected chi connectivity index (χ3v) is 6.55. The highest BCUT2D eigenvalue weighted by Gasteiger charge is 2.33. The smallest absolute Gasteiger partial charge is 0.259 e. The van der Waals surface area contributed by atoms with Crippen LogP contribution in [0.25, 0.3) is 10.9 Å². The molecule has 168 valence electrons. The lowest BCUT2D eigenvalue weighted by atomic mass is 10.1. The van der Waals surface area contributed by atoms with Gasteiger partial charge in [-0.25, -0.2) is 22.8 Å². The molecule has 7 nitrogen and oxygen atoms in total. The standard InChI is InChI=1S/C22H23F2N5O2S/c1-32(25,31)17-5-2-4-16(13-17)27-21(30)18-12-15-14-26-9-6-19(15)28-20(18)29-10-3-7-22(23,24)8-11-29/h2,4-6,9,12-14,25H,3,7-8,10-11H2,1H3,(H,27,30). The Morgan fingerprint density at radius 1 is 1.22 bits per heavy atom.